The molecule has 3 heteroatoms. The third kappa shape index (κ3) is 3.94. The molecule has 0 saturated heterocycles. The Labute approximate surface area is 85.9 Å². The van der Waals surface area contributed by atoms with E-state index in [1.165, 1.54) is 11.4 Å². The summed E-state index contributed by atoms with van der Waals surface area (Å²) in [5, 5.41) is 3.36. The Kier molecular flexibility index (Phi) is 5.33. The largest absolute Gasteiger partial charge is 0.385 e. The molecule has 80 valence electrons. The van der Waals surface area contributed by atoms with Gasteiger partial charge in [0.15, 0.2) is 0 Å². The van der Waals surface area contributed by atoms with Crippen LogP contribution in [-0.4, -0.2) is 25.2 Å². The molecule has 2 N–H and O–H groups in total. The van der Waals surface area contributed by atoms with Crippen molar-refractivity contribution in [2.45, 2.75) is 26.3 Å². The second-order valence-electron chi connectivity index (χ2n) is 3.39. The van der Waals surface area contributed by atoms with Gasteiger partial charge < -0.3 is 15.0 Å². The van der Waals surface area contributed by atoms with E-state index in [-0.39, 0.29) is 0 Å². The standard InChI is InChI=1S/C11H20N2O/c1-3-10-5-6-11(13-10)9-12-7-4-8-14-2/h5-6,12-13H,3-4,7-9H2,1-2H3. The number of aryl methyl sites for hydroxylation is 1. The van der Waals surface area contributed by atoms with Crippen molar-refractivity contribution in [1.29, 1.82) is 0 Å². The van der Waals surface area contributed by atoms with Crippen LogP contribution in [0.15, 0.2) is 12.1 Å². The zero-order valence-corrected chi connectivity index (χ0v) is 9.10. The maximum atomic E-state index is 4.97. The van der Waals surface area contributed by atoms with Crippen molar-refractivity contribution in [1.82, 2.24) is 10.3 Å². The van der Waals surface area contributed by atoms with Gasteiger partial charge in [-0.2, -0.15) is 0 Å². The molecule has 0 aliphatic rings. The SMILES string of the molecule is CCc1ccc(CNCCCOC)[nH]1. The Balaban J connectivity index is 2.12. The van der Waals surface area contributed by atoms with Gasteiger partial charge in [0, 0.05) is 31.6 Å². The van der Waals surface area contributed by atoms with Gasteiger partial charge in [-0.15, -0.1) is 0 Å². The molecule has 1 heterocycles. The lowest BCUT2D eigenvalue weighted by Gasteiger charge is -2.02. The van der Waals surface area contributed by atoms with Crippen molar-refractivity contribution < 1.29 is 4.74 Å². The van der Waals surface area contributed by atoms with Crippen molar-refractivity contribution in [3.63, 3.8) is 0 Å². The summed E-state index contributed by atoms with van der Waals surface area (Å²) in [5.41, 5.74) is 2.57. The van der Waals surface area contributed by atoms with Crippen LogP contribution < -0.4 is 5.32 Å². The number of nitrogens with one attached hydrogen (secondary N) is 2. The van der Waals surface area contributed by atoms with Crippen LogP contribution in [0.25, 0.3) is 0 Å². The van der Waals surface area contributed by atoms with Gasteiger partial charge in [-0.3, -0.25) is 0 Å². The van der Waals surface area contributed by atoms with E-state index in [0.29, 0.717) is 0 Å². The molecule has 0 unspecified atom stereocenters. The first-order valence-electron chi connectivity index (χ1n) is 5.23. The first-order chi connectivity index (χ1) is 6.86. The third-order valence-corrected chi connectivity index (χ3v) is 2.21. The minimum Gasteiger partial charge on any atom is -0.385 e. The highest BCUT2D eigenvalue weighted by molar-refractivity contribution is 5.12. The van der Waals surface area contributed by atoms with Crippen molar-refractivity contribution in [3.8, 4) is 0 Å². The molecule has 0 atom stereocenters. The fraction of sp³-hybridized carbons (Fsp3) is 0.636. The molecular weight excluding hydrogens is 176 g/mol. The van der Waals surface area contributed by atoms with E-state index in [1.807, 2.05) is 0 Å². The van der Waals surface area contributed by atoms with Gasteiger partial charge >= 0.3 is 0 Å². The summed E-state index contributed by atoms with van der Waals surface area (Å²) in [5.74, 6) is 0. The highest BCUT2D eigenvalue weighted by Crippen LogP contribution is 2.01. The Bertz CT molecular complexity index is 245. The lowest BCUT2D eigenvalue weighted by molar-refractivity contribution is 0.194. The number of aromatic amines is 1. The summed E-state index contributed by atoms with van der Waals surface area (Å²) in [6.07, 6.45) is 2.14. The van der Waals surface area contributed by atoms with Gasteiger partial charge in [-0.25, -0.2) is 0 Å². The summed E-state index contributed by atoms with van der Waals surface area (Å²) in [4.78, 5) is 3.36. The molecule has 14 heavy (non-hydrogen) atoms. The Morgan fingerprint density at radius 1 is 1.36 bits per heavy atom. The number of H-pyrrole nitrogens is 1. The molecule has 1 aromatic heterocycles. The molecule has 1 aromatic rings. The molecule has 0 fully saturated rings. The van der Waals surface area contributed by atoms with E-state index < -0.39 is 0 Å². The first-order valence-corrected chi connectivity index (χ1v) is 5.23. The van der Waals surface area contributed by atoms with Crippen molar-refractivity contribution in [2.24, 2.45) is 0 Å². The Morgan fingerprint density at radius 2 is 2.14 bits per heavy atom. The molecule has 0 saturated carbocycles. The number of rotatable bonds is 7. The van der Waals surface area contributed by atoms with Crippen LogP contribution in [0, 0.1) is 0 Å². The van der Waals surface area contributed by atoms with Crippen LogP contribution in [0.3, 0.4) is 0 Å². The summed E-state index contributed by atoms with van der Waals surface area (Å²) in [6.45, 7) is 4.91. The normalized spacial score (nSPS) is 10.7. The van der Waals surface area contributed by atoms with Crippen LogP contribution in [-0.2, 0) is 17.7 Å². The van der Waals surface area contributed by atoms with Crippen LogP contribution in [0.2, 0.25) is 0 Å². The maximum absolute atomic E-state index is 4.97. The number of aromatic nitrogens is 1. The smallest absolute Gasteiger partial charge is 0.0474 e. The highest BCUT2D eigenvalue weighted by atomic mass is 16.5. The van der Waals surface area contributed by atoms with E-state index in [2.05, 4.69) is 29.4 Å². The van der Waals surface area contributed by atoms with E-state index in [0.717, 1.165) is 32.5 Å². The average molecular weight is 196 g/mol. The molecule has 3 nitrogen and oxygen atoms in total. The molecule has 0 aromatic carbocycles. The van der Waals surface area contributed by atoms with Gasteiger partial charge in [0.05, 0.1) is 0 Å². The average Bonchev–Trinajstić information content (AvgIpc) is 2.65. The quantitative estimate of drug-likeness (QED) is 0.651. The van der Waals surface area contributed by atoms with E-state index in [1.54, 1.807) is 7.11 Å². The topological polar surface area (TPSA) is 37.0 Å². The Hall–Kier alpha value is -0.800. The minimum atomic E-state index is 0.831. The molecule has 0 amide bonds. The van der Waals surface area contributed by atoms with Gasteiger partial charge in [-0.05, 0) is 31.5 Å². The fourth-order valence-electron chi connectivity index (χ4n) is 1.36. The first kappa shape index (κ1) is 11.3. The summed E-state index contributed by atoms with van der Waals surface area (Å²) >= 11 is 0. The summed E-state index contributed by atoms with van der Waals surface area (Å²) < 4.78 is 4.97. The van der Waals surface area contributed by atoms with Crippen LogP contribution in [0.1, 0.15) is 24.7 Å². The number of hydrogen-bond donors (Lipinski definition) is 2. The number of ether oxygens (including phenoxy) is 1. The predicted molar refractivity (Wildman–Crippen MR) is 58.4 cm³/mol. The van der Waals surface area contributed by atoms with Gasteiger partial charge in [0.1, 0.15) is 0 Å². The lowest BCUT2D eigenvalue weighted by atomic mass is 10.3. The summed E-state index contributed by atoms with van der Waals surface area (Å²) in [7, 11) is 1.73. The molecule has 0 bridgehead atoms. The second-order valence-corrected chi connectivity index (χ2v) is 3.39. The van der Waals surface area contributed by atoms with E-state index in [4.69, 9.17) is 4.74 Å². The number of hydrogen-bond acceptors (Lipinski definition) is 2. The molecule has 0 radical (unpaired) electrons. The van der Waals surface area contributed by atoms with Crippen LogP contribution in [0.4, 0.5) is 0 Å². The van der Waals surface area contributed by atoms with Crippen LogP contribution >= 0.6 is 0 Å². The monoisotopic (exact) mass is 196 g/mol. The lowest BCUT2D eigenvalue weighted by Crippen LogP contribution is -2.16. The zero-order chi connectivity index (χ0) is 10.2. The van der Waals surface area contributed by atoms with Gasteiger partial charge in [0.2, 0.25) is 0 Å². The zero-order valence-electron chi connectivity index (χ0n) is 9.10. The molecule has 0 aliphatic heterocycles. The molecule has 0 spiro atoms. The number of methoxy groups -OCH3 is 1. The maximum Gasteiger partial charge on any atom is 0.0474 e. The van der Waals surface area contributed by atoms with E-state index in [9.17, 15) is 0 Å². The van der Waals surface area contributed by atoms with E-state index >= 15 is 0 Å². The fourth-order valence-corrected chi connectivity index (χ4v) is 1.36. The Morgan fingerprint density at radius 3 is 2.79 bits per heavy atom. The molecule has 0 aliphatic carbocycles. The molecule has 1 rings (SSSR count). The van der Waals surface area contributed by atoms with Crippen molar-refractivity contribution in [3.05, 3.63) is 23.5 Å². The third-order valence-electron chi connectivity index (χ3n) is 2.21. The summed E-state index contributed by atoms with van der Waals surface area (Å²) in [6, 6.07) is 4.29. The van der Waals surface area contributed by atoms with Crippen molar-refractivity contribution in [2.75, 3.05) is 20.3 Å². The van der Waals surface area contributed by atoms with Crippen LogP contribution in [0.5, 0.6) is 0 Å². The van der Waals surface area contributed by atoms with Gasteiger partial charge in [-0.1, -0.05) is 6.92 Å². The van der Waals surface area contributed by atoms with Crippen molar-refractivity contribution >= 4 is 0 Å². The van der Waals surface area contributed by atoms with Gasteiger partial charge in [0.25, 0.3) is 0 Å². The minimum absolute atomic E-state index is 0.831. The molecular formula is C11H20N2O. The second kappa shape index (κ2) is 6.62. The highest BCUT2D eigenvalue weighted by Gasteiger charge is 1.95. The predicted octanol–water partition coefficient (Wildman–Crippen LogP) is 1.70.